The lowest BCUT2D eigenvalue weighted by Crippen LogP contribution is -2.24. The smallest absolute Gasteiger partial charge is 0.119 e. The molecule has 1 aromatic rings. The van der Waals surface area contributed by atoms with Crippen LogP contribution in [0.2, 0.25) is 0 Å². The molecule has 102 valence electrons. The lowest BCUT2D eigenvalue weighted by molar-refractivity contribution is 0.302. The Kier molecular flexibility index (Phi) is 2.80. The number of rotatable bonds is 5. The molecule has 0 saturated heterocycles. The molecule has 3 unspecified atom stereocenters. The van der Waals surface area contributed by atoms with E-state index in [1.165, 1.54) is 37.7 Å². The molecule has 1 N–H and O–H groups in total. The van der Waals surface area contributed by atoms with E-state index in [2.05, 4.69) is 36.6 Å². The summed E-state index contributed by atoms with van der Waals surface area (Å²) in [5.74, 6) is 3.98. The summed E-state index contributed by atoms with van der Waals surface area (Å²) < 4.78 is 5.82. The van der Waals surface area contributed by atoms with Gasteiger partial charge in [0, 0.05) is 6.04 Å². The van der Waals surface area contributed by atoms with E-state index >= 15 is 0 Å². The van der Waals surface area contributed by atoms with Crippen LogP contribution in [0.15, 0.2) is 24.3 Å². The molecule has 0 bridgehead atoms. The molecule has 3 fully saturated rings. The van der Waals surface area contributed by atoms with Crippen molar-refractivity contribution in [2.75, 3.05) is 7.05 Å². The molecule has 2 heteroatoms. The lowest BCUT2D eigenvalue weighted by atomic mass is 9.89. The lowest BCUT2D eigenvalue weighted by Gasteiger charge is -2.25. The van der Waals surface area contributed by atoms with Crippen molar-refractivity contribution in [3.63, 3.8) is 0 Å². The summed E-state index contributed by atoms with van der Waals surface area (Å²) in [6.07, 6.45) is 7.30. The quantitative estimate of drug-likeness (QED) is 0.871. The predicted molar refractivity (Wildman–Crippen MR) is 76.2 cm³/mol. The molecule has 0 amide bonds. The average molecular weight is 257 g/mol. The maximum atomic E-state index is 5.82. The zero-order valence-electron chi connectivity index (χ0n) is 11.6. The molecular weight excluding hydrogens is 234 g/mol. The Morgan fingerprint density at radius 3 is 2.32 bits per heavy atom. The van der Waals surface area contributed by atoms with Gasteiger partial charge in [0.15, 0.2) is 0 Å². The molecule has 3 saturated carbocycles. The normalized spacial score (nSPS) is 33.8. The van der Waals surface area contributed by atoms with Gasteiger partial charge >= 0.3 is 0 Å². The molecule has 3 aliphatic rings. The molecule has 2 nitrogen and oxygen atoms in total. The first-order valence-electron chi connectivity index (χ1n) is 7.77. The fourth-order valence-corrected chi connectivity index (χ4v) is 3.84. The van der Waals surface area contributed by atoms with Crippen molar-refractivity contribution < 1.29 is 4.74 Å². The molecule has 0 heterocycles. The molecule has 19 heavy (non-hydrogen) atoms. The van der Waals surface area contributed by atoms with Crippen LogP contribution in [0.4, 0.5) is 0 Å². The van der Waals surface area contributed by atoms with E-state index in [-0.39, 0.29) is 0 Å². The second-order valence-electron chi connectivity index (χ2n) is 6.64. The minimum atomic E-state index is 0.493. The summed E-state index contributed by atoms with van der Waals surface area (Å²) >= 11 is 0. The van der Waals surface area contributed by atoms with E-state index in [1.807, 2.05) is 0 Å². The Morgan fingerprint density at radius 1 is 1.05 bits per heavy atom. The van der Waals surface area contributed by atoms with Crippen LogP contribution < -0.4 is 10.1 Å². The first kappa shape index (κ1) is 11.8. The van der Waals surface area contributed by atoms with Gasteiger partial charge in [0.1, 0.15) is 5.75 Å². The second kappa shape index (κ2) is 4.52. The molecule has 0 spiro atoms. The van der Waals surface area contributed by atoms with Gasteiger partial charge in [0.2, 0.25) is 0 Å². The number of ether oxygens (including phenoxy) is 1. The highest BCUT2D eigenvalue weighted by molar-refractivity contribution is 5.30. The second-order valence-corrected chi connectivity index (χ2v) is 6.64. The Bertz CT molecular complexity index is 441. The number of hydrogen-bond donors (Lipinski definition) is 1. The van der Waals surface area contributed by atoms with Gasteiger partial charge in [-0.15, -0.1) is 0 Å². The molecule has 0 aromatic heterocycles. The highest BCUT2D eigenvalue weighted by atomic mass is 16.5. The van der Waals surface area contributed by atoms with E-state index in [1.54, 1.807) is 0 Å². The summed E-state index contributed by atoms with van der Waals surface area (Å²) in [7, 11) is 2.10. The van der Waals surface area contributed by atoms with Crippen LogP contribution >= 0.6 is 0 Å². The van der Waals surface area contributed by atoms with Gasteiger partial charge in [-0.1, -0.05) is 12.1 Å². The van der Waals surface area contributed by atoms with E-state index in [0.717, 1.165) is 23.5 Å². The van der Waals surface area contributed by atoms with E-state index in [0.29, 0.717) is 12.1 Å². The Labute approximate surface area is 115 Å². The highest BCUT2D eigenvalue weighted by Gasteiger charge is 2.47. The fraction of sp³-hybridized carbons (Fsp3) is 0.647. The third-order valence-corrected chi connectivity index (χ3v) is 5.13. The predicted octanol–water partition coefficient (Wildman–Crippen LogP) is 3.53. The van der Waals surface area contributed by atoms with E-state index in [9.17, 15) is 0 Å². The van der Waals surface area contributed by atoms with Crippen molar-refractivity contribution in [1.82, 2.24) is 5.32 Å². The molecule has 0 radical (unpaired) electrons. The van der Waals surface area contributed by atoms with Crippen LogP contribution in [0, 0.1) is 17.8 Å². The topological polar surface area (TPSA) is 21.3 Å². The molecule has 4 rings (SSSR count). The van der Waals surface area contributed by atoms with Crippen molar-refractivity contribution in [3.8, 4) is 5.75 Å². The van der Waals surface area contributed by atoms with Gasteiger partial charge in [0.05, 0.1) is 6.10 Å². The Hall–Kier alpha value is -1.02. The maximum Gasteiger partial charge on any atom is 0.119 e. The fourth-order valence-electron chi connectivity index (χ4n) is 3.84. The van der Waals surface area contributed by atoms with Crippen LogP contribution in [0.3, 0.4) is 0 Å². The van der Waals surface area contributed by atoms with Crippen LogP contribution in [0.25, 0.3) is 0 Å². The highest BCUT2D eigenvalue weighted by Crippen LogP contribution is 2.57. The van der Waals surface area contributed by atoms with Crippen LogP contribution in [-0.2, 0) is 0 Å². The first-order valence-corrected chi connectivity index (χ1v) is 7.77. The van der Waals surface area contributed by atoms with Crippen LogP contribution in [-0.4, -0.2) is 13.2 Å². The van der Waals surface area contributed by atoms with Gasteiger partial charge in [0.25, 0.3) is 0 Å². The average Bonchev–Trinajstić information content (AvgIpc) is 3.34. The van der Waals surface area contributed by atoms with Crippen molar-refractivity contribution in [3.05, 3.63) is 29.8 Å². The number of benzene rings is 1. The zero-order valence-corrected chi connectivity index (χ0v) is 11.6. The van der Waals surface area contributed by atoms with Crippen molar-refractivity contribution in [2.45, 2.75) is 44.2 Å². The zero-order chi connectivity index (χ0) is 12.8. The first-order chi connectivity index (χ1) is 9.33. The number of fused-ring (bicyclic) bond motifs is 1. The largest absolute Gasteiger partial charge is 0.490 e. The van der Waals surface area contributed by atoms with Gasteiger partial charge < -0.3 is 10.1 Å². The minimum absolute atomic E-state index is 0.493. The van der Waals surface area contributed by atoms with Gasteiger partial charge in [-0.2, -0.15) is 0 Å². The molecular formula is C17H23NO. The summed E-state index contributed by atoms with van der Waals surface area (Å²) in [5, 5.41) is 3.53. The van der Waals surface area contributed by atoms with Gasteiger partial charge in [-0.25, -0.2) is 0 Å². The van der Waals surface area contributed by atoms with E-state index < -0.39 is 0 Å². The van der Waals surface area contributed by atoms with Gasteiger partial charge in [-0.05, 0) is 74.6 Å². The van der Waals surface area contributed by atoms with E-state index in [4.69, 9.17) is 4.74 Å². The Morgan fingerprint density at radius 2 is 1.74 bits per heavy atom. The van der Waals surface area contributed by atoms with Crippen LogP contribution in [0.1, 0.15) is 43.7 Å². The SMILES string of the molecule is CNC(c1ccc(OC2CC2)cc1)C1CC2CC2C1. The van der Waals surface area contributed by atoms with Crippen molar-refractivity contribution in [1.29, 1.82) is 0 Å². The summed E-state index contributed by atoms with van der Waals surface area (Å²) in [6, 6.07) is 9.33. The van der Waals surface area contributed by atoms with Crippen LogP contribution in [0.5, 0.6) is 5.75 Å². The van der Waals surface area contributed by atoms with Crippen molar-refractivity contribution in [2.24, 2.45) is 17.8 Å². The standard InChI is InChI=1S/C17H23NO/c1-18-17(14-9-12-8-13(12)10-14)11-2-4-15(5-3-11)19-16-6-7-16/h2-5,12-14,16-18H,6-10H2,1H3. The summed E-state index contributed by atoms with van der Waals surface area (Å²) in [6.45, 7) is 0. The molecule has 1 aromatic carbocycles. The maximum absolute atomic E-state index is 5.82. The number of nitrogens with one attached hydrogen (secondary N) is 1. The minimum Gasteiger partial charge on any atom is -0.490 e. The third kappa shape index (κ3) is 2.38. The Balaban J connectivity index is 1.46. The third-order valence-electron chi connectivity index (χ3n) is 5.13. The summed E-state index contributed by atoms with van der Waals surface area (Å²) in [5.41, 5.74) is 1.43. The van der Waals surface area contributed by atoms with Gasteiger partial charge in [-0.3, -0.25) is 0 Å². The summed E-state index contributed by atoms with van der Waals surface area (Å²) in [4.78, 5) is 0. The molecule has 3 aliphatic carbocycles. The molecule has 0 aliphatic heterocycles. The molecule has 3 atom stereocenters. The monoisotopic (exact) mass is 257 g/mol. The van der Waals surface area contributed by atoms with Crippen molar-refractivity contribution >= 4 is 0 Å². The number of hydrogen-bond acceptors (Lipinski definition) is 2.